The number of halogens is 1. The van der Waals surface area contributed by atoms with Crippen molar-refractivity contribution >= 4 is 45.4 Å². The van der Waals surface area contributed by atoms with E-state index in [1.54, 1.807) is 0 Å². The number of allylic oxidation sites excluding steroid dienone is 2. The molecule has 8 rings (SSSR count). The Labute approximate surface area is 261 Å². The van der Waals surface area contributed by atoms with Crippen LogP contribution in [-0.2, 0) is 18.6 Å². The van der Waals surface area contributed by atoms with E-state index in [4.69, 9.17) is 8.51 Å². The quantitative estimate of drug-likeness (QED) is 0.178. The minimum absolute atomic E-state index is 0.257. The average Bonchev–Trinajstić information content (AvgIpc) is 3.69. The van der Waals surface area contributed by atoms with Crippen molar-refractivity contribution in [2.45, 2.75) is 21.1 Å². The SMILES string of the molecule is C[C](C)=[Zr]([Cl])([CH]1C=Cc2c(-c3cccc4ccccc34)cccc21)[CH]1C=Cc2c(-c3cccc4ccccc34)cccc21. The van der Waals surface area contributed by atoms with Crippen molar-refractivity contribution in [1.29, 1.82) is 0 Å². The molecule has 2 atom stereocenters. The Bertz CT molecular complexity index is 2030. The van der Waals surface area contributed by atoms with Gasteiger partial charge in [-0.1, -0.05) is 0 Å². The number of benzene rings is 6. The molecule has 0 radical (unpaired) electrons. The predicted molar refractivity (Wildman–Crippen MR) is 185 cm³/mol. The second-order valence-corrected chi connectivity index (χ2v) is 25.1. The Balaban J connectivity index is 1.26. The van der Waals surface area contributed by atoms with Crippen LogP contribution in [0.3, 0.4) is 0 Å². The van der Waals surface area contributed by atoms with Crippen molar-refractivity contribution in [2.75, 3.05) is 0 Å². The second-order valence-electron chi connectivity index (χ2n) is 12.1. The zero-order valence-corrected chi connectivity index (χ0v) is 27.6. The fourth-order valence-corrected chi connectivity index (χ4v) is 19.2. The molecule has 0 N–H and O–H groups in total. The van der Waals surface area contributed by atoms with Gasteiger partial charge in [0.15, 0.2) is 0 Å². The standard InChI is InChI=1S/2C19H13.C3H6.ClH.Zr/c2*1-2-10-16-14(6-1)8-4-12-18(16)19-13-5-9-15-7-3-11-17(15)19;1-3-2;;/h2*1-13H;1-2H3;1H;/q;;;;+1/p-1. The summed E-state index contributed by atoms with van der Waals surface area (Å²) in [6.45, 7) is 4.59. The van der Waals surface area contributed by atoms with Gasteiger partial charge in [-0.3, -0.25) is 0 Å². The summed E-state index contributed by atoms with van der Waals surface area (Å²) in [5.74, 6) is 0. The van der Waals surface area contributed by atoms with Gasteiger partial charge in [0, 0.05) is 0 Å². The molecule has 0 bridgehead atoms. The van der Waals surface area contributed by atoms with E-state index < -0.39 is 18.6 Å². The molecule has 43 heavy (non-hydrogen) atoms. The third-order valence-corrected chi connectivity index (χ3v) is 25.4. The van der Waals surface area contributed by atoms with Gasteiger partial charge in [-0.2, -0.15) is 0 Å². The van der Waals surface area contributed by atoms with Crippen molar-refractivity contribution in [3.8, 4) is 22.3 Å². The molecule has 2 aliphatic carbocycles. The molecule has 6 aromatic rings. The zero-order chi connectivity index (χ0) is 29.1. The van der Waals surface area contributed by atoms with Crippen LogP contribution in [0.2, 0.25) is 0 Å². The summed E-state index contributed by atoms with van der Waals surface area (Å²) in [5.41, 5.74) is 10.6. The van der Waals surface area contributed by atoms with Crippen LogP contribution in [0.15, 0.2) is 133 Å². The van der Waals surface area contributed by atoms with E-state index in [2.05, 4.69) is 159 Å². The van der Waals surface area contributed by atoms with Crippen molar-refractivity contribution in [2.24, 2.45) is 0 Å². The van der Waals surface area contributed by atoms with Crippen LogP contribution in [0.1, 0.15) is 43.4 Å². The van der Waals surface area contributed by atoms with Crippen LogP contribution in [0.4, 0.5) is 0 Å². The molecule has 0 fully saturated rings. The maximum absolute atomic E-state index is 8.20. The molecule has 0 saturated heterocycles. The first-order chi connectivity index (χ1) is 21.1. The first kappa shape index (κ1) is 27.0. The third kappa shape index (κ3) is 4.16. The summed E-state index contributed by atoms with van der Waals surface area (Å²) in [5, 5.41) is 5.13. The molecular weight excluding hydrogens is 619 g/mol. The van der Waals surface area contributed by atoms with E-state index in [-0.39, 0.29) is 7.25 Å². The Morgan fingerprint density at radius 3 is 1.35 bits per heavy atom. The first-order valence-electron chi connectivity index (χ1n) is 15.1. The number of hydrogen-bond acceptors (Lipinski definition) is 0. The van der Waals surface area contributed by atoms with Crippen molar-refractivity contribution in [1.82, 2.24) is 0 Å². The molecule has 0 aromatic heterocycles. The summed E-state index contributed by atoms with van der Waals surface area (Å²) < 4.78 is 1.95. The van der Waals surface area contributed by atoms with E-state index in [0.717, 1.165) is 0 Å². The predicted octanol–water partition coefficient (Wildman–Crippen LogP) is 11.7. The van der Waals surface area contributed by atoms with Gasteiger partial charge in [0.2, 0.25) is 0 Å². The van der Waals surface area contributed by atoms with Crippen molar-refractivity contribution in [3.63, 3.8) is 0 Å². The third-order valence-electron chi connectivity index (χ3n) is 9.69. The monoisotopic (exact) mass is 649 g/mol. The van der Waals surface area contributed by atoms with Gasteiger partial charge in [-0.25, -0.2) is 0 Å². The molecule has 0 saturated carbocycles. The molecule has 0 heterocycles. The fraction of sp³-hybridized carbons (Fsp3) is 0.0976. The summed E-state index contributed by atoms with van der Waals surface area (Å²) >= 11 is -3.62. The van der Waals surface area contributed by atoms with Crippen LogP contribution in [0, 0.1) is 0 Å². The van der Waals surface area contributed by atoms with E-state index in [1.165, 1.54) is 69.3 Å². The van der Waals surface area contributed by atoms with E-state index in [9.17, 15) is 0 Å². The molecule has 2 heteroatoms. The Kier molecular flexibility index (Phi) is 6.59. The van der Waals surface area contributed by atoms with Crippen LogP contribution in [-0.4, -0.2) is 3.21 Å². The summed E-state index contributed by atoms with van der Waals surface area (Å²) in [6.07, 6.45) is 9.60. The van der Waals surface area contributed by atoms with Gasteiger partial charge >= 0.3 is 263 Å². The van der Waals surface area contributed by atoms with Gasteiger partial charge in [0.25, 0.3) is 0 Å². The number of hydrogen-bond donors (Lipinski definition) is 0. The second kappa shape index (κ2) is 10.5. The van der Waals surface area contributed by atoms with Crippen molar-refractivity contribution in [3.05, 3.63) is 156 Å². The van der Waals surface area contributed by atoms with Crippen LogP contribution in [0.5, 0.6) is 0 Å². The van der Waals surface area contributed by atoms with Gasteiger partial charge in [0.1, 0.15) is 0 Å². The Morgan fingerprint density at radius 1 is 0.488 bits per heavy atom. The first-order valence-corrected chi connectivity index (χ1v) is 22.4. The molecule has 0 spiro atoms. The van der Waals surface area contributed by atoms with E-state index >= 15 is 0 Å². The molecule has 0 amide bonds. The Hall–Kier alpha value is -3.64. The van der Waals surface area contributed by atoms with Gasteiger partial charge in [0.05, 0.1) is 0 Å². The summed E-state index contributed by atoms with van der Waals surface area (Å²) in [4.78, 5) is 0. The van der Waals surface area contributed by atoms with Crippen LogP contribution in [0.25, 0.3) is 56.0 Å². The summed E-state index contributed by atoms with van der Waals surface area (Å²) in [7, 11) is 8.20. The van der Waals surface area contributed by atoms with Gasteiger partial charge in [-0.05, 0) is 0 Å². The maximum atomic E-state index is 8.20. The molecule has 0 nitrogen and oxygen atoms in total. The minimum atomic E-state index is -3.62. The topological polar surface area (TPSA) is 0 Å². The normalized spacial score (nSPS) is 18.1. The van der Waals surface area contributed by atoms with Gasteiger partial charge < -0.3 is 0 Å². The number of rotatable bonds is 4. The average molecular weight is 651 g/mol. The van der Waals surface area contributed by atoms with Crippen LogP contribution >= 0.6 is 8.51 Å². The number of fused-ring (bicyclic) bond motifs is 4. The zero-order valence-electron chi connectivity index (χ0n) is 24.4. The van der Waals surface area contributed by atoms with E-state index in [0.29, 0.717) is 0 Å². The Morgan fingerprint density at radius 2 is 0.884 bits per heavy atom. The molecule has 6 aromatic carbocycles. The summed E-state index contributed by atoms with van der Waals surface area (Å²) in [6, 6.07) is 44.4. The van der Waals surface area contributed by atoms with Crippen molar-refractivity contribution < 1.29 is 18.6 Å². The van der Waals surface area contributed by atoms with Crippen LogP contribution < -0.4 is 0 Å². The van der Waals surface area contributed by atoms with Gasteiger partial charge in [-0.15, -0.1) is 0 Å². The molecule has 2 aliphatic rings. The van der Waals surface area contributed by atoms with E-state index in [1.807, 2.05) is 0 Å². The molecule has 207 valence electrons. The molecular formula is C41H32ClZr. The molecule has 2 unspecified atom stereocenters. The fourth-order valence-electron chi connectivity index (χ4n) is 7.61. The molecule has 0 aliphatic heterocycles.